The number of carbonyl (C=O) groups is 3. The van der Waals surface area contributed by atoms with Crippen LogP contribution in [0.25, 0.3) is 0 Å². The first kappa shape index (κ1) is 16.0. The molecule has 2 N–H and O–H groups in total. The first-order chi connectivity index (χ1) is 10.6. The highest BCUT2D eigenvalue weighted by atomic mass is 16.2. The maximum Gasteiger partial charge on any atom is 0.251 e. The van der Waals surface area contributed by atoms with E-state index in [0.717, 1.165) is 0 Å². The van der Waals surface area contributed by atoms with Gasteiger partial charge in [0.05, 0.1) is 5.92 Å². The van der Waals surface area contributed by atoms with Gasteiger partial charge in [-0.15, -0.1) is 0 Å². The fourth-order valence-electron chi connectivity index (χ4n) is 2.45. The van der Waals surface area contributed by atoms with Crippen molar-refractivity contribution >= 4 is 17.7 Å². The second-order valence-electron chi connectivity index (χ2n) is 5.25. The molecule has 0 radical (unpaired) electrons. The van der Waals surface area contributed by atoms with Gasteiger partial charge in [-0.1, -0.05) is 18.2 Å². The minimum Gasteiger partial charge on any atom is -0.354 e. The summed E-state index contributed by atoms with van der Waals surface area (Å²) in [6.07, 6.45) is 0.274. The van der Waals surface area contributed by atoms with Crippen LogP contribution in [0.4, 0.5) is 0 Å². The van der Waals surface area contributed by atoms with E-state index >= 15 is 0 Å². The summed E-state index contributed by atoms with van der Waals surface area (Å²) in [5.74, 6) is -0.543. The van der Waals surface area contributed by atoms with Gasteiger partial charge in [0.2, 0.25) is 11.8 Å². The van der Waals surface area contributed by atoms with Gasteiger partial charge in [0.1, 0.15) is 0 Å². The zero-order valence-electron chi connectivity index (χ0n) is 12.7. The van der Waals surface area contributed by atoms with E-state index in [1.807, 2.05) is 13.0 Å². The van der Waals surface area contributed by atoms with Crippen LogP contribution in [-0.4, -0.2) is 48.8 Å². The number of rotatable bonds is 6. The van der Waals surface area contributed by atoms with Gasteiger partial charge < -0.3 is 15.5 Å². The minimum atomic E-state index is -0.280. The fourth-order valence-corrected chi connectivity index (χ4v) is 2.45. The lowest BCUT2D eigenvalue weighted by Crippen LogP contribution is -2.38. The van der Waals surface area contributed by atoms with Crippen molar-refractivity contribution in [3.8, 4) is 0 Å². The van der Waals surface area contributed by atoms with E-state index in [4.69, 9.17) is 0 Å². The average Bonchev–Trinajstić information content (AvgIpc) is 2.93. The quantitative estimate of drug-likeness (QED) is 0.747. The van der Waals surface area contributed by atoms with Crippen LogP contribution < -0.4 is 10.6 Å². The maximum absolute atomic E-state index is 12.0. The highest BCUT2D eigenvalue weighted by Crippen LogP contribution is 2.17. The van der Waals surface area contributed by atoms with Crippen molar-refractivity contribution in [2.75, 3.05) is 26.2 Å². The summed E-state index contributed by atoms with van der Waals surface area (Å²) in [6.45, 7) is 3.73. The lowest BCUT2D eigenvalue weighted by atomic mass is 10.1. The molecule has 0 spiro atoms. The summed E-state index contributed by atoms with van der Waals surface area (Å²) < 4.78 is 0. The third kappa shape index (κ3) is 4.07. The third-order valence-corrected chi connectivity index (χ3v) is 3.71. The molecule has 118 valence electrons. The number of carbonyl (C=O) groups excluding carboxylic acids is 3. The van der Waals surface area contributed by atoms with Gasteiger partial charge in [0.25, 0.3) is 5.91 Å². The number of benzene rings is 1. The summed E-state index contributed by atoms with van der Waals surface area (Å²) in [6, 6.07) is 8.91. The Hall–Kier alpha value is -2.37. The Morgan fingerprint density at radius 1 is 1.18 bits per heavy atom. The van der Waals surface area contributed by atoms with Crippen LogP contribution in [0.3, 0.4) is 0 Å². The van der Waals surface area contributed by atoms with Gasteiger partial charge in [-0.25, -0.2) is 0 Å². The summed E-state index contributed by atoms with van der Waals surface area (Å²) >= 11 is 0. The second-order valence-corrected chi connectivity index (χ2v) is 5.25. The number of hydrogen-bond acceptors (Lipinski definition) is 3. The Bertz CT molecular complexity index is 545. The molecule has 1 aromatic rings. The van der Waals surface area contributed by atoms with E-state index in [0.29, 0.717) is 31.7 Å². The normalized spacial score (nSPS) is 17.4. The van der Waals surface area contributed by atoms with Crippen molar-refractivity contribution in [1.29, 1.82) is 0 Å². The topological polar surface area (TPSA) is 78.5 Å². The predicted octanol–water partition coefficient (Wildman–Crippen LogP) is 0.401. The van der Waals surface area contributed by atoms with Gasteiger partial charge in [0.15, 0.2) is 0 Å². The van der Waals surface area contributed by atoms with E-state index in [1.165, 1.54) is 0 Å². The standard InChI is InChI=1S/C16H21N3O3/c1-2-19-11-13(10-14(19)20)16(22)18-9-8-17-15(21)12-6-4-3-5-7-12/h3-7,13H,2,8-11H2,1H3,(H,17,21)(H,18,22)/t13-/m1/s1. The van der Waals surface area contributed by atoms with Crippen molar-refractivity contribution in [1.82, 2.24) is 15.5 Å². The summed E-state index contributed by atoms with van der Waals surface area (Å²) in [4.78, 5) is 37.0. The molecular formula is C16H21N3O3. The minimum absolute atomic E-state index is 0.0278. The molecule has 3 amide bonds. The van der Waals surface area contributed by atoms with Crippen LogP contribution in [0.5, 0.6) is 0 Å². The van der Waals surface area contributed by atoms with Gasteiger partial charge >= 0.3 is 0 Å². The van der Waals surface area contributed by atoms with Crippen molar-refractivity contribution in [3.63, 3.8) is 0 Å². The van der Waals surface area contributed by atoms with E-state index < -0.39 is 0 Å². The summed E-state index contributed by atoms with van der Waals surface area (Å²) in [7, 11) is 0. The molecule has 2 rings (SSSR count). The molecule has 6 heteroatoms. The Morgan fingerprint density at radius 3 is 2.50 bits per heavy atom. The van der Waals surface area contributed by atoms with Gasteiger partial charge in [-0.05, 0) is 19.1 Å². The average molecular weight is 303 g/mol. The highest BCUT2D eigenvalue weighted by Gasteiger charge is 2.32. The van der Waals surface area contributed by atoms with Crippen molar-refractivity contribution in [2.24, 2.45) is 5.92 Å². The molecule has 1 heterocycles. The molecule has 6 nitrogen and oxygen atoms in total. The molecule has 1 fully saturated rings. The van der Waals surface area contributed by atoms with E-state index in [-0.39, 0.29) is 30.1 Å². The molecule has 0 bridgehead atoms. The number of amides is 3. The van der Waals surface area contributed by atoms with E-state index in [1.54, 1.807) is 29.2 Å². The molecule has 1 saturated heterocycles. The van der Waals surface area contributed by atoms with Gasteiger partial charge in [-0.3, -0.25) is 14.4 Å². The summed E-state index contributed by atoms with van der Waals surface area (Å²) in [5.41, 5.74) is 0.591. The first-order valence-corrected chi connectivity index (χ1v) is 7.50. The van der Waals surface area contributed by atoms with E-state index in [2.05, 4.69) is 10.6 Å². The SMILES string of the molecule is CCN1C[C@H](C(=O)NCCNC(=O)c2ccccc2)CC1=O. The number of nitrogens with one attached hydrogen (secondary N) is 2. The highest BCUT2D eigenvalue weighted by molar-refractivity contribution is 5.94. The lowest BCUT2D eigenvalue weighted by molar-refractivity contribution is -0.128. The Labute approximate surface area is 129 Å². The molecule has 0 aromatic heterocycles. The largest absolute Gasteiger partial charge is 0.354 e. The van der Waals surface area contributed by atoms with Crippen LogP contribution >= 0.6 is 0 Å². The molecule has 1 aromatic carbocycles. The molecule has 1 atom stereocenters. The smallest absolute Gasteiger partial charge is 0.251 e. The van der Waals surface area contributed by atoms with Gasteiger partial charge in [0, 0.05) is 38.2 Å². The molecule has 1 aliphatic heterocycles. The van der Waals surface area contributed by atoms with Crippen LogP contribution in [-0.2, 0) is 9.59 Å². The monoisotopic (exact) mass is 303 g/mol. The summed E-state index contributed by atoms with van der Waals surface area (Å²) in [5, 5.41) is 5.51. The molecule has 0 unspecified atom stereocenters. The van der Waals surface area contributed by atoms with E-state index in [9.17, 15) is 14.4 Å². The number of nitrogens with zero attached hydrogens (tertiary/aromatic N) is 1. The van der Waals surface area contributed by atoms with Crippen LogP contribution in [0.1, 0.15) is 23.7 Å². The van der Waals surface area contributed by atoms with Crippen LogP contribution in [0, 0.1) is 5.92 Å². The van der Waals surface area contributed by atoms with Gasteiger partial charge in [-0.2, -0.15) is 0 Å². The maximum atomic E-state index is 12.0. The molecule has 0 aliphatic carbocycles. The fraction of sp³-hybridized carbons (Fsp3) is 0.438. The number of hydrogen-bond donors (Lipinski definition) is 2. The van der Waals surface area contributed by atoms with Crippen LogP contribution in [0.2, 0.25) is 0 Å². The Balaban J connectivity index is 1.68. The zero-order chi connectivity index (χ0) is 15.9. The first-order valence-electron chi connectivity index (χ1n) is 7.50. The molecule has 1 aliphatic rings. The second kappa shape index (κ2) is 7.59. The third-order valence-electron chi connectivity index (χ3n) is 3.71. The number of likely N-dealkylation sites (tertiary alicyclic amines) is 1. The Morgan fingerprint density at radius 2 is 1.86 bits per heavy atom. The van der Waals surface area contributed by atoms with Crippen molar-refractivity contribution in [2.45, 2.75) is 13.3 Å². The lowest BCUT2D eigenvalue weighted by Gasteiger charge is -2.13. The zero-order valence-corrected chi connectivity index (χ0v) is 12.7. The molecule has 22 heavy (non-hydrogen) atoms. The van der Waals surface area contributed by atoms with Crippen molar-refractivity contribution < 1.29 is 14.4 Å². The Kier molecular flexibility index (Phi) is 5.52. The molecule has 0 saturated carbocycles. The van der Waals surface area contributed by atoms with Crippen LogP contribution in [0.15, 0.2) is 30.3 Å². The molecular weight excluding hydrogens is 282 g/mol. The predicted molar refractivity (Wildman–Crippen MR) is 82.1 cm³/mol. The van der Waals surface area contributed by atoms with Crippen molar-refractivity contribution in [3.05, 3.63) is 35.9 Å².